The molecule has 0 radical (unpaired) electrons. The van der Waals surface area contributed by atoms with Crippen molar-refractivity contribution in [2.45, 2.75) is 0 Å². The van der Waals surface area contributed by atoms with Gasteiger partial charge in [0.25, 0.3) is 0 Å². The number of hydrogen-bond acceptors (Lipinski definition) is 0. The number of hydrogen-bond donors (Lipinski definition) is 0. The molecule has 0 spiro atoms. The molecule has 2 aromatic carbocycles. The molecule has 0 aliphatic rings. The van der Waals surface area contributed by atoms with Crippen molar-refractivity contribution in [1.82, 2.24) is 0 Å². The summed E-state index contributed by atoms with van der Waals surface area (Å²) < 4.78 is 6.13. The SMILES string of the molecule is c1cccc2[se]c3ccccccc3[se]c2cc1. The molecule has 0 unspecified atom stereocenters. The van der Waals surface area contributed by atoms with Crippen molar-refractivity contribution in [2.24, 2.45) is 0 Å². The Morgan fingerprint density at radius 3 is 0.944 bits per heavy atom. The maximum atomic E-state index is 2.28. The first kappa shape index (κ1) is 12.0. The molecular weight excluding hydrogens is 350 g/mol. The summed E-state index contributed by atoms with van der Waals surface area (Å²) in [6.45, 7) is 0. The van der Waals surface area contributed by atoms with E-state index in [0.717, 1.165) is 0 Å². The first-order chi connectivity index (χ1) is 8.93. The van der Waals surface area contributed by atoms with Crippen LogP contribution in [0.1, 0.15) is 0 Å². The van der Waals surface area contributed by atoms with Crippen LogP contribution in [0.3, 0.4) is 0 Å². The summed E-state index contributed by atoms with van der Waals surface area (Å²) in [7, 11) is 0. The molecular formula is C16H12Se2. The van der Waals surface area contributed by atoms with Crippen LogP contribution in [-0.4, -0.2) is 29.0 Å². The van der Waals surface area contributed by atoms with Gasteiger partial charge in [0, 0.05) is 0 Å². The van der Waals surface area contributed by atoms with Crippen molar-refractivity contribution in [3.05, 3.63) is 72.8 Å². The first-order valence-electron chi connectivity index (χ1n) is 5.80. The van der Waals surface area contributed by atoms with E-state index in [9.17, 15) is 0 Å². The molecule has 0 atom stereocenters. The van der Waals surface area contributed by atoms with Crippen molar-refractivity contribution in [3.63, 3.8) is 0 Å². The van der Waals surface area contributed by atoms with E-state index in [2.05, 4.69) is 72.8 Å². The minimum atomic E-state index is 0.433. The van der Waals surface area contributed by atoms with Crippen molar-refractivity contribution >= 4 is 46.0 Å². The van der Waals surface area contributed by atoms with E-state index in [1.807, 2.05) is 0 Å². The van der Waals surface area contributed by atoms with Crippen LogP contribution < -0.4 is 0 Å². The number of fused-ring (bicyclic) bond motifs is 2. The van der Waals surface area contributed by atoms with Crippen LogP contribution in [0.25, 0.3) is 17.0 Å². The number of rotatable bonds is 0. The van der Waals surface area contributed by atoms with Crippen LogP contribution in [0, 0.1) is 0 Å². The fourth-order valence-corrected chi connectivity index (χ4v) is 7.19. The van der Waals surface area contributed by atoms with Crippen LogP contribution in [0.2, 0.25) is 0 Å². The molecule has 0 bridgehead atoms. The van der Waals surface area contributed by atoms with Crippen molar-refractivity contribution in [1.29, 1.82) is 0 Å². The molecule has 18 heavy (non-hydrogen) atoms. The average Bonchev–Trinajstić information content (AvgIpc) is 2.32. The van der Waals surface area contributed by atoms with Gasteiger partial charge in [-0.15, -0.1) is 0 Å². The standard InChI is InChI=1S/C16H12Se2/c1-2-6-10-14-13(9-5-1)17-15-11-7-3-4-8-12-16(15)18-14/h1-12H. The van der Waals surface area contributed by atoms with Gasteiger partial charge in [-0.1, -0.05) is 0 Å². The summed E-state index contributed by atoms with van der Waals surface area (Å²) in [6.07, 6.45) is 0. The van der Waals surface area contributed by atoms with Gasteiger partial charge in [0.05, 0.1) is 0 Å². The van der Waals surface area contributed by atoms with Crippen molar-refractivity contribution < 1.29 is 0 Å². The summed E-state index contributed by atoms with van der Waals surface area (Å²) in [5, 5.41) is 0. The zero-order valence-electron chi connectivity index (χ0n) is 9.74. The third kappa shape index (κ3) is 2.68. The summed E-state index contributed by atoms with van der Waals surface area (Å²) >= 11 is 0.866. The van der Waals surface area contributed by atoms with E-state index in [0.29, 0.717) is 29.0 Å². The molecule has 88 valence electrons. The third-order valence-corrected chi connectivity index (χ3v) is 8.73. The molecule has 0 aliphatic carbocycles. The molecule has 0 amide bonds. The summed E-state index contributed by atoms with van der Waals surface area (Å²) in [6, 6.07) is 26.2. The molecule has 2 heteroatoms. The molecule has 1 heterocycles. The van der Waals surface area contributed by atoms with Gasteiger partial charge in [0.2, 0.25) is 0 Å². The molecule has 3 rings (SSSR count). The molecule has 0 N–H and O–H groups in total. The Morgan fingerprint density at radius 1 is 0.389 bits per heavy atom. The van der Waals surface area contributed by atoms with Gasteiger partial charge in [-0.05, 0) is 0 Å². The Morgan fingerprint density at radius 2 is 0.667 bits per heavy atom. The fourth-order valence-electron chi connectivity index (χ4n) is 1.73. The zero-order valence-corrected chi connectivity index (χ0v) is 13.2. The zero-order chi connectivity index (χ0) is 12.2. The van der Waals surface area contributed by atoms with Gasteiger partial charge in [-0.3, -0.25) is 0 Å². The summed E-state index contributed by atoms with van der Waals surface area (Å²) in [5.74, 6) is 0. The molecule has 0 fully saturated rings. The van der Waals surface area contributed by atoms with Gasteiger partial charge in [0.1, 0.15) is 0 Å². The monoisotopic (exact) mass is 364 g/mol. The Balaban J connectivity index is 2.46. The fraction of sp³-hybridized carbons (Fsp3) is 0. The molecule has 1 aromatic heterocycles. The van der Waals surface area contributed by atoms with Crippen LogP contribution in [0.5, 0.6) is 0 Å². The Hall–Kier alpha value is -1.04. The average molecular weight is 362 g/mol. The van der Waals surface area contributed by atoms with Crippen LogP contribution in [-0.2, 0) is 0 Å². The predicted molar refractivity (Wildman–Crippen MR) is 81.8 cm³/mol. The second kappa shape index (κ2) is 5.73. The van der Waals surface area contributed by atoms with E-state index >= 15 is 0 Å². The Kier molecular flexibility index (Phi) is 3.83. The minimum absolute atomic E-state index is 0.433. The van der Waals surface area contributed by atoms with Crippen molar-refractivity contribution in [3.8, 4) is 0 Å². The van der Waals surface area contributed by atoms with E-state index in [-0.39, 0.29) is 0 Å². The molecule has 0 saturated carbocycles. The van der Waals surface area contributed by atoms with Gasteiger partial charge >= 0.3 is 119 Å². The van der Waals surface area contributed by atoms with Gasteiger partial charge < -0.3 is 0 Å². The second-order valence-electron chi connectivity index (χ2n) is 3.87. The first-order valence-corrected chi connectivity index (χ1v) is 9.23. The molecule has 3 aromatic rings. The Bertz CT molecular complexity index is 623. The predicted octanol–water partition coefficient (Wildman–Crippen LogP) is 3.79. The maximum absolute atomic E-state index is 2.28. The summed E-state index contributed by atoms with van der Waals surface area (Å²) in [5.41, 5.74) is 0. The third-order valence-electron chi connectivity index (χ3n) is 2.58. The quantitative estimate of drug-likeness (QED) is 0.534. The molecule has 0 aliphatic heterocycles. The van der Waals surface area contributed by atoms with E-state index in [1.165, 1.54) is 17.0 Å². The van der Waals surface area contributed by atoms with Gasteiger partial charge in [-0.25, -0.2) is 0 Å². The normalized spacial score (nSPS) is 10.2. The van der Waals surface area contributed by atoms with E-state index < -0.39 is 0 Å². The summed E-state index contributed by atoms with van der Waals surface area (Å²) in [4.78, 5) is 0. The van der Waals surface area contributed by atoms with Crippen LogP contribution in [0.15, 0.2) is 72.8 Å². The topological polar surface area (TPSA) is 0 Å². The van der Waals surface area contributed by atoms with Crippen LogP contribution in [0.4, 0.5) is 0 Å². The van der Waals surface area contributed by atoms with Crippen molar-refractivity contribution in [2.75, 3.05) is 0 Å². The van der Waals surface area contributed by atoms with Gasteiger partial charge in [0.15, 0.2) is 0 Å². The van der Waals surface area contributed by atoms with Gasteiger partial charge in [-0.2, -0.15) is 0 Å². The van der Waals surface area contributed by atoms with E-state index in [1.54, 1.807) is 0 Å². The van der Waals surface area contributed by atoms with E-state index in [4.69, 9.17) is 0 Å². The second-order valence-corrected chi connectivity index (χ2v) is 8.42. The van der Waals surface area contributed by atoms with Crippen LogP contribution >= 0.6 is 0 Å². The molecule has 0 saturated heterocycles. The molecule has 0 nitrogen and oxygen atoms in total. The Labute approximate surface area is 118 Å².